The first-order chi connectivity index (χ1) is 9.49. The SMILES string of the molecule is O=[N+]([O-])c1cccc(COc2ccc(F)c(Br)c2)c1F. The van der Waals surface area contributed by atoms with Gasteiger partial charge in [-0.15, -0.1) is 0 Å². The number of nitrogens with zero attached hydrogens (tertiary/aromatic N) is 1. The van der Waals surface area contributed by atoms with E-state index in [4.69, 9.17) is 4.74 Å². The summed E-state index contributed by atoms with van der Waals surface area (Å²) in [6, 6.07) is 7.82. The second-order valence-corrected chi connectivity index (χ2v) is 4.73. The highest BCUT2D eigenvalue weighted by Gasteiger charge is 2.17. The molecule has 0 spiro atoms. The maximum Gasteiger partial charge on any atom is 0.305 e. The quantitative estimate of drug-likeness (QED) is 0.617. The average molecular weight is 344 g/mol. The zero-order valence-corrected chi connectivity index (χ0v) is 11.6. The standard InChI is InChI=1S/C13H8BrF2NO3/c14-10-6-9(4-5-11(10)15)20-7-8-2-1-3-12(13(8)16)17(18)19/h1-6H,7H2. The molecule has 0 atom stereocenters. The van der Waals surface area contributed by atoms with Crippen LogP contribution in [0.1, 0.15) is 5.56 Å². The van der Waals surface area contributed by atoms with E-state index in [0.717, 1.165) is 6.07 Å². The predicted molar refractivity (Wildman–Crippen MR) is 71.5 cm³/mol. The molecule has 2 rings (SSSR count). The lowest BCUT2D eigenvalue weighted by Crippen LogP contribution is -2.02. The Morgan fingerprint density at radius 1 is 1.25 bits per heavy atom. The molecule has 0 aromatic heterocycles. The number of ether oxygens (including phenoxy) is 1. The van der Waals surface area contributed by atoms with Crippen LogP contribution in [-0.2, 0) is 6.61 Å². The first-order valence-corrected chi connectivity index (χ1v) is 6.28. The third-order valence-electron chi connectivity index (χ3n) is 2.54. The first-order valence-electron chi connectivity index (χ1n) is 5.48. The van der Waals surface area contributed by atoms with Crippen molar-refractivity contribution in [3.05, 3.63) is 68.2 Å². The van der Waals surface area contributed by atoms with Gasteiger partial charge in [0.1, 0.15) is 18.2 Å². The number of hydrogen-bond donors (Lipinski definition) is 0. The van der Waals surface area contributed by atoms with Crippen LogP contribution in [0, 0.1) is 21.7 Å². The van der Waals surface area contributed by atoms with E-state index in [-0.39, 0.29) is 16.6 Å². The number of hydrogen-bond acceptors (Lipinski definition) is 3. The van der Waals surface area contributed by atoms with E-state index in [1.54, 1.807) is 0 Å². The van der Waals surface area contributed by atoms with Gasteiger partial charge < -0.3 is 4.74 Å². The molecule has 0 fully saturated rings. The Morgan fingerprint density at radius 2 is 2.00 bits per heavy atom. The Balaban J connectivity index is 2.17. The van der Waals surface area contributed by atoms with Crippen LogP contribution in [0.5, 0.6) is 5.75 Å². The molecule has 104 valence electrons. The zero-order chi connectivity index (χ0) is 14.7. The van der Waals surface area contributed by atoms with Gasteiger partial charge in [-0.25, -0.2) is 4.39 Å². The van der Waals surface area contributed by atoms with Crippen LogP contribution in [0.25, 0.3) is 0 Å². The lowest BCUT2D eigenvalue weighted by molar-refractivity contribution is -0.387. The van der Waals surface area contributed by atoms with Crippen LogP contribution < -0.4 is 4.74 Å². The maximum atomic E-state index is 13.8. The molecule has 0 aliphatic rings. The van der Waals surface area contributed by atoms with Crippen LogP contribution >= 0.6 is 15.9 Å². The van der Waals surface area contributed by atoms with Crippen LogP contribution in [0.2, 0.25) is 0 Å². The van der Waals surface area contributed by atoms with Gasteiger partial charge >= 0.3 is 5.69 Å². The van der Waals surface area contributed by atoms with Gasteiger partial charge in [0.25, 0.3) is 0 Å². The highest BCUT2D eigenvalue weighted by molar-refractivity contribution is 9.10. The molecule has 0 unspecified atom stereocenters. The minimum absolute atomic E-state index is 0.0552. The molecular formula is C13H8BrF2NO3. The van der Waals surface area contributed by atoms with Crippen molar-refractivity contribution in [2.75, 3.05) is 0 Å². The van der Waals surface area contributed by atoms with E-state index < -0.39 is 22.2 Å². The largest absolute Gasteiger partial charge is 0.489 e. The van der Waals surface area contributed by atoms with Crippen molar-refractivity contribution in [2.24, 2.45) is 0 Å². The monoisotopic (exact) mass is 343 g/mol. The third-order valence-corrected chi connectivity index (χ3v) is 3.15. The fourth-order valence-corrected chi connectivity index (χ4v) is 1.90. The third kappa shape index (κ3) is 3.11. The Bertz CT molecular complexity index is 664. The van der Waals surface area contributed by atoms with E-state index in [1.165, 1.54) is 30.3 Å². The van der Waals surface area contributed by atoms with Crippen molar-refractivity contribution in [2.45, 2.75) is 6.61 Å². The number of benzene rings is 2. The number of rotatable bonds is 4. The molecule has 0 aliphatic heterocycles. The molecule has 7 heteroatoms. The number of halogens is 3. The Kier molecular flexibility index (Phi) is 4.29. The summed E-state index contributed by atoms with van der Waals surface area (Å²) in [5.74, 6) is -1.05. The molecule has 2 aromatic rings. The van der Waals surface area contributed by atoms with Crippen molar-refractivity contribution < 1.29 is 18.4 Å². The van der Waals surface area contributed by atoms with Gasteiger partial charge in [-0.05, 0) is 34.1 Å². The molecule has 0 radical (unpaired) electrons. The van der Waals surface area contributed by atoms with Crippen LogP contribution in [-0.4, -0.2) is 4.92 Å². The Labute approximate surface area is 121 Å². The Hall–Kier alpha value is -2.02. The summed E-state index contributed by atoms with van der Waals surface area (Å²) in [5.41, 5.74) is -0.550. The molecule has 0 amide bonds. The minimum atomic E-state index is -0.932. The van der Waals surface area contributed by atoms with Crippen LogP contribution in [0.3, 0.4) is 0 Å². The summed E-state index contributed by atoms with van der Waals surface area (Å²) in [5, 5.41) is 10.6. The molecule has 0 N–H and O–H groups in total. The van der Waals surface area contributed by atoms with Crippen molar-refractivity contribution in [3.8, 4) is 5.75 Å². The Morgan fingerprint density at radius 3 is 2.65 bits per heavy atom. The average Bonchev–Trinajstić information content (AvgIpc) is 2.41. The molecule has 0 aliphatic carbocycles. The molecule has 0 heterocycles. The van der Waals surface area contributed by atoms with E-state index in [9.17, 15) is 18.9 Å². The molecule has 0 bridgehead atoms. The summed E-state index contributed by atoms with van der Waals surface area (Å²) < 4.78 is 32.3. The summed E-state index contributed by atoms with van der Waals surface area (Å²) in [7, 11) is 0. The zero-order valence-electron chi connectivity index (χ0n) is 9.98. The van der Waals surface area contributed by atoms with Gasteiger partial charge in [0.2, 0.25) is 5.82 Å². The van der Waals surface area contributed by atoms with Gasteiger partial charge in [0, 0.05) is 11.6 Å². The smallest absolute Gasteiger partial charge is 0.305 e. The topological polar surface area (TPSA) is 52.4 Å². The highest BCUT2D eigenvalue weighted by Crippen LogP contribution is 2.24. The van der Waals surface area contributed by atoms with Crippen molar-refractivity contribution in [1.29, 1.82) is 0 Å². The van der Waals surface area contributed by atoms with E-state index in [1.807, 2.05) is 0 Å². The predicted octanol–water partition coefficient (Wildman–Crippen LogP) is 4.21. The van der Waals surface area contributed by atoms with Crippen LogP contribution in [0.15, 0.2) is 40.9 Å². The summed E-state index contributed by atoms with van der Waals surface area (Å²) in [4.78, 5) is 9.81. The lowest BCUT2D eigenvalue weighted by Gasteiger charge is -2.08. The molecule has 0 saturated carbocycles. The molecule has 2 aromatic carbocycles. The van der Waals surface area contributed by atoms with E-state index in [2.05, 4.69) is 15.9 Å². The molecule has 20 heavy (non-hydrogen) atoms. The van der Waals surface area contributed by atoms with E-state index >= 15 is 0 Å². The van der Waals surface area contributed by atoms with Gasteiger partial charge in [-0.1, -0.05) is 12.1 Å². The second kappa shape index (κ2) is 5.96. The first kappa shape index (κ1) is 14.4. The highest BCUT2D eigenvalue weighted by atomic mass is 79.9. The number of nitro benzene ring substituents is 1. The molecule has 4 nitrogen and oxygen atoms in total. The number of nitro groups is 1. The van der Waals surface area contributed by atoms with E-state index in [0.29, 0.717) is 5.75 Å². The van der Waals surface area contributed by atoms with Gasteiger partial charge in [-0.2, -0.15) is 4.39 Å². The van der Waals surface area contributed by atoms with Crippen molar-refractivity contribution in [1.82, 2.24) is 0 Å². The van der Waals surface area contributed by atoms with Gasteiger partial charge in [0.15, 0.2) is 0 Å². The fraction of sp³-hybridized carbons (Fsp3) is 0.0769. The summed E-state index contributed by atoms with van der Waals surface area (Å²) in [6.07, 6.45) is 0. The lowest BCUT2D eigenvalue weighted by atomic mass is 10.2. The maximum absolute atomic E-state index is 13.8. The van der Waals surface area contributed by atoms with Crippen molar-refractivity contribution >= 4 is 21.6 Å². The molecule has 0 saturated heterocycles. The van der Waals surface area contributed by atoms with Gasteiger partial charge in [0.05, 0.1) is 9.40 Å². The van der Waals surface area contributed by atoms with Gasteiger partial charge in [-0.3, -0.25) is 10.1 Å². The molecular weight excluding hydrogens is 336 g/mol. The van der Waals surface area contributed by atoms with Crippen molar-refractivity contribution in [3.63, 3.8) is 0 Å². The summed E-state index contributed by atoms with van der Waals surface area (Å²) >= 11 is 3.00. The minimum Gasteiger partial charge on any atom is -0.489 e. The summed E-state index contributed by atoms with van der Waals surface area (Å²) in [6.45, 7) is -0.189. The second-order valence-electron chi connectivity index (χ2n) is 3.87. The normalized spacial score (nSPS) is 10.3. The fourth-order valence-electron chi connectivity index (χ4n) is 1.55. The van der Waals surface area contributed by atoms with Crippen LogP contribution in [0.4, 0.5) is 14.5 Å².